The molecule has 65 heavy (non-hydrogen) atoms. The summed E-state index contributed by atoms with van der Waals surface area (Å²) in [6.45, 7) is 6.29. The zero-order valence-corrected chi connectivity index (χ0v) is 42.0. The van der Waals surface area contributed by atoms with Gasteiger partial charge in [0.25, 0.3) is 0 Å². The van der Waals surface area contributed by atoms with E-state index < -0.39 is 12.1 Å². The van der Waals surface area contributed by atoms with Crippen molar-refractivity contribution in [3.8, 4) is 0 Å². The molecule has 1 atom stereocenters. The lowest BCUT2D eigenvalue weighted by Gasteiger charge is -2.18. The van der Waals surface area contributed by atoms with Gasteiger partial charge in [-0.15, -0.1) is 0 Å². The van der Waals surface area contributed by atoms with Gasteiger partial charge in [-0.3, -0.25) is 14.4 Å². The zero-order chi connectivity index (χ0) is 47.2. The maximum absolute atomic E-state index is 12.7. The van der Waals surface area contributed by atoms with Gasteiger partial charge >= 0.3 is 17.9 Å². The van der Waals surface area contributed by atoms with Crippen molar-refractivity contribution >= 4 is 17.9 Å². The topological polar surface area (TPSA) is 78.9 Å². The molecule has 0 aliphatic heterocycles. The molecule has 0 amide bonds. The summed E-state index contributed by atoms with van der Waals surface area (Å²) in [5.74, 6) is -1.01. The summed E-state index contributed by atoms with van der Waals surface area (Å²) in [7, 11) is 0. The maximum atomic E-state index is 12.7. The van der Waals surface area contributed by atoms with E-state index >= 15 is 0 Å². The summed E-state index contributed by atoms with van der Waals surface area (Å²) in [6, 6.07) is 0. The Labute approximate surface area is 400 Å². The SMILES string of the molecule is CC/C=C\C/C=C\C/C=C\C/C=C\C/C=C\CCCCCCCCCCCCCC(=O)OCC(COC(=O)CCCCCCCCC)OC(=O)CC/C=C\C/C=C\C/C=C\C/C=C\CC. The Morgan fingerprint density at radius 3 is 1.00 bits per heavy atom. The van der Waals surface area contributed by atoms with Crippen LogP contribution in [0.5, 0.6) is 0 Å². The molecule has 0 saturated carbocycles. The van der Waals surface area contributed by atoms with Crippen LogP contribution in [0.1, 0.15) is 226 Å². The van der Waals surface area contributed by atoms with E-state index in [9.17, 15) is 14.4 Å². The fourth-order valence-electron chi connectivity index (χ4n) is 6.89. The van der Waals surface area contributed by atoms with Crippen molar-refractivity contribution in [1.29, 1.82) is 0 Å². The van der Waals surface area contributed by atoms with Crippen LogP contribution in [0.25, 0.3) is 0 Å². The molecule has 0 aromatic carbocycles. The van der Waals surface area contributed by atoms with Crippen LogP contribution in [0.4, 0.5) is 0 Å². The third kappa shape index (κ3) is 50.9. The number of esters is 3. The van der Waals surface area contributed by atoms with Crippen LogP contribution in [0.15, 0.2) is 109 Å². The summed E-state index contributed by atoms with van der Waals surface area (Å²) in [5.41, 5.74) is 0. The highest BCUT2D eigenvalue weighted by molar-refractivity contribution is 5.71. The molecule has 0 heterocycles. The zero-order valence-electron chi connectivity index (χ0n) is 42.0. The van der Waals surface area contributed by atoms with Gasteiger partial charge in [-0.1, -0.05) is 226 Å². The Morgan fingerprint density at radius 1 is 0.323 bits per heavy atom. The minimum atomic E-state index is -0.814. The van der Waals surface area contributed by atoms with Gasteiger partial charge in [0.05, 0.1) is 0 Å². The van der Waals surface area contributed by atoms with Crippen molar-refractivity contribution in [2.45, 2.75) is 232 Å². The number of unbranched alkanes of at least 4 members (excludes halogenated alkanes) is 17. The number of rotatable bonds is 46. The van der Waals surface area contributed by atoms with E-state index in [-0.39, 0.29) is 31.6 Å². The highest BCUT2D eigenvalue weighted by Crippen LogP contribution is 2.14. The highest BCUT2D eigenvalue weighted by Gasteiger charge is 2.19. The Hall–Kier alpha value is -3.93. The van der Waals surface area contributed by atoms with Gasteiger partial charge in [0.2, 0.25) is 0 Å². The second-order valence-electron chi connectivity index (χ2n) is 17.0. The van der Waals surface area contributed by atoms with E-state index in [1.54, 1.807) is 0 Å². The van der Waals surface area contributed by atoms with Gasteiger partial charge in [0, 0.05) is 19.3 Å². The normalized spacial score (nSPS) is 13.0. The van der Waals surface area contributed by atoms with E-state index in [2.05, 4.69) is 118 Å². The molecular weight excluding hydrogens is 805 g/mol. The number of hydrogen-bond donors (Lipinski definition) is 0. The molecule has 0 aromatic rings. The summed E-state index contributed by atoms with van der Waals surface area (Å²) >= 11 is 0. The predicted molar refractivity (Wildman–Crippen MR) is 279 cm³/mol. The quantitative estimate of drug-likeness (QED) is 0.0262. The first-order valence-corrected chi connectivity index (χ1v) is 26.4. The number of ether oxygens (including phenoxy) is 3. The number of carbonyl (C=O) groups excluding carboxylic acids is 3. The van der Waals surface area contributed by atoms with Gasteiger partial charge in [-0.2, -0.15) is 0 Å². The highest BCUT2D eigenvalue weighted by atomic mass is 16.6. The van der Waals surface area contributed by atoms with Gasteiger partial charge in [0.15, 0.2) is 6.10 Å². The number of hydrogen-bond acceptors (Lipinski definition) is 6. The summed E-state index contributed by atoms with van der Waals surface area (Å²) < 4.78 is 16.6. The molecule has 0 spiro atoms. The predicted octanol–water partition coefficient (Wildman–Crippen LogP) is 17.5. The minimum absolute atomic E-state index is 0.108. The summed E-state index contributed by atoms with van der Waals surface area (Å²) in [6.07, 6.45) is 71.2. The fraction of sp³-hybridized carbons (Fsp3) is 0.644. The standard InChI is InChI=1S/C59H96O6/c1-4-7-10-13-16-18-20-22-23-24-25-26-27-28-29-30-31-32-33-34-35-37-38-40-43-46-49-52-58(61)64-55-56(54-63-57(60)51-48-45-42-15-12-9-6-3)65-59(62)53-50-47-44-41-39-36-21-19-17-14-11-8-5-2/h7-8,10-11,16-19,22-23,25-26,28-29,36,39,44,47,56H,4-6,9,12-15,20-21,24,27,30-35,37-38,40-43,45-46,48-55H2,1-3H3/b10-7-,11-8-,18-16-,19-17-,23-22-,26-25-,29-28-,39-36-,47-44-. The minimum Gasteiger partial charge on any atom is -0.462 e. The molecule has 0 rings (SSSR count). The molecule has 1 unspecified atom stereocenters. The molecule has 0 radical (unpaired) electrons. The third-order valence-electron chi connectivity index (χ3n) is 10.8. The lowest BCUT2D eigenvalue weighted by atomic mass is 10.0. The van der Waals surface area contributed by atoms with E-state index in [0.717, 1.165) is 96.3 Å². The van der Waals surface area contributed by atoms with Crippen LogP contribution < -0.4 is 0 Å². The monoisotopic (exact) mass is 901 g/mol. The first-order chi connectivity index (χ1) is 32.0. The summed E-state index contributed by atoms with van der Waals surface area (Å²) in [5, 5.41) is 0. The van der Waals surface area contributed by atoms with E-state index in [1.165, 1.54) is 83.5 Å². The van der Waals surface area contributed by atoms with Crippen LogP contribution in [-0.4, -0.2) is 37.2 Å². The third-order valence-corrected chi connectivity index (χ3v) is 10.8. The molecule has 0 aromatic heterocycles. The molecule has 0 saturated heterocycles. The Morgan fingerprint density at radius 2 is 0.631 bits per heavy atom. The maximum Gasteiger partial charge on any atom is 0.306 e. The second-order valence-corrected chi connectivity index (χ2v) is 17.0. The Kier molecular flexibility index (Phi) is 49.5. The molecule has 0 bridgehead atoms. The second kappa shape index (κ2) is 52.7. The first-order valence-electron chi connectivity index (χ1n) is 26.4. The average Bonchev–Trinajstić information content (AvgIpc) is 3.30. The number of allylic oxidation sites excluding steroid dienone is 18. The lowest BCUT2D eigenvalue weighted by Crippen LogP contribution is -2.30. The average molecular weight is 901 g/mol. The van der Waals surface area contributed by atoms with E-state index in [0.29, 0.717) is 19.3 Å². The largest absolute Gasteiger partial charge is 0.462 e. The molecule has 0 fully saturated rings. The van der Waals surface area contributed by atoms with Gasteiger partial charge in [-0.25, -0.2) is 0 Å². The van der Waals surface area contributed by atoms with Crippen molar-refractivity contribution in [3.05, 3.63) is 109 Å². The molecule has 0 aliphatic rings. The lowest BCUT2D eigenvalue weighted by molar-refractivity contribution is -0.166. The van der Waals surface area contributed by atoms with Crippen LogP contribution in [0.3, 0.4) is 0 Å². The van der Waals surface area contributed by atoms with Crippen LogP contribution in [-0.2, 0) is 28.6 Å². The van der Waals surface area contributed by atoms with Crippen molar-refractivity contribution in [3.63, 3.8) is 0 Å². The molecule has 0 N–H and O–H groups in total. The van der Waals surface area contributed by atoms with Crippen LogP contribution in [0.2, 0.25) is 0 Å². The van der Waals surface area contributed by atoms with Gasteiger partial charge in [-0.05, 0) is 89.9 Å². The Bertz CT molecular complexity index is 1360. The fourth-order valence-corrected chi connectivity index (χ4v) is 6.89. The number of carbonyl (C=O) groups is 3. The molecule has 6 nitrogen and oxygen atoms in total. The van der Waals surface area contributed by atoms with Gasteiger partial charge in [0.1, 0.15) is 13.2 Å². The van der Waals surface area contributed by atoms with Gasteiger partial charge < -0.3 is 14.2 Å². The summed E-state index contributed by atoms with van der Waals surface area (Å²) in [4.78, 5) is 37.7. The van der Waals surface area contributed by atoms with Crippen molar-refractivity contribution in [1.82, 2.24) is 0 Å². The van der Waals surface area contributed by atoms with Crippen molar-refractivity contribution in [2.75, 3.05) is 13.2 Å². The first kappa shape index (κ1) is 61.1. The van der Waals surface area contributed by atoms with Crippen molar-refractivity contribution in [2.24, 2.45) is 0 Å². The van der Waals surface area contributed by atoms with Crippen molar-refractivity contribution < 1.29 is 28.6 Å². The van der Waals surface area contributed by atoms with Crippen LogP contribution in [0, 0.1) is 0 Å². The molecule has 6 heteroatoms. The van der Waals surface area contributed by atoms with Crippen LogP contribution >= 0.6 is 0 Å². The molecule has 0 aliphatic carbocycles. The smallest absolute Gasteiger partial charge is 0.306 e. The molecule has 368 valence electrons. The van der Waals surface area contributed by atoms with E-state index in [4.69, 9.17) is 14.2 Å². The Balaban J connectivity index is 4.20. The van der Waals surface area contributed by atoms with E-state index in [1.807, 2.05) is 12.2 Å². The molecular formula is C59H96O6.